The van der Waals surface area contributed by atoms with Crippen molar-refractivity contribution >= 4 is 11.5 Å². The fourth-order valence-electron chi connectivity index (χ4n) is 3.03. The lowest BCUT2D eigenvalue weighted by Gasteiger charge is -2.24. The van der Waals surface area contributed by atoms with Crippen LogP contribution in [0.1, 0.15) is 19.3 Å². The van der Waals surface area contributed by atoms with E-state index in [-0.39, 0.29) is 6.04 Å². The van der Waals surface area contributed by atoms with E-state index in [4.69, 9.17) is 5.21 Å². The van der Waals surface area contributed by atoms with Crippen molar-refractivity contribution in [3.63, 3.8) is 0 Å². The standard InChI is InChI=1S/C12H15N3O/c16-15-12-9-5-4-8(7-9)11(12)14-10-3-1-2-6-13-10/h1-3,6,8-9,11,16H,4-5,7H2,(H,13,14)/b15-12+. The number of pyridine rings is 1. The van der Waals surface area contributed by atoms with Crippen LogP contribution in [0.4, 0.5) is 5.82 Å². The summed E-state index contributed by atoms with van der Waals surface area (Å²) >= 11 is 0. The van der Waals surface area contributed by atoms with E-state index in [9.17, 15) is 0 Å². The molecule has 84 valence electrons. The van der Waals surface area contributed by atoms with Gasteiger partial charge in [0.1, 0.15) is 5.82 Å². The molecule has 2 aliphatic rings. The Hall–Kier alpha value is -1.58. The first-order valence-electron chi connectivity index (χ1n) is 5.78. The molecule has 2 aliphatic carbocycles. The molecule has 3 rings (SSSR count). The minimum absolute atomic E-state index is 0.179. The predicted octanol–water partition coefficient (Wildman–Crippen LogP) is 2.12. The van der Waals surface area contributed by atoms with Crippen LogP contribution in [0.25, 0.3) is 0 Å². The maximum atomic E-state index is 9.06. The number of nitrogens with one attached hydrogen (secondary N) is 1. The first kappa shape index (κ1) is 9.63. The number of aromatic nitrogens is 1. The molecule has 4 heteroatoms. The Morgan fingerprint density at radius 3 is 3.06 bits per heavy atom. The summed E-state index contributed by atoms with van der Waals surface area (Å²) < 4.78 is 0. The number of oxime groups is 1. The smallest absolute Gasteiger partial charge is 0.126 e. The highest BCUT2D eigenvalue weighted by atomic mass is 16.4. The second kappa shape index (κ2) is 3.77. The van der Waals surface area contributed by atoms with Gasteiger partial charge < -0.3 is 10.5 Å². The van der Waals surface area contributed by atoms with Crippen molar-refractivity contribution in [3.05, 3.63) is 24.4 Å². The van der Waals surface area contributed by atoms with E-state index in [2.05, 4.69) is 15.5 Å². The van der Waals surface area contributed by atoms with Gasteiger partial charge in [0.15, 0.2) is 0 Å². The fraction of sp³-hybridized carbons (Fsp3) is 0.500. The SMILES string of the molecule is O/N=C1\C2CCC(C2)C1Nc1ccccn1. The molecular weight excluding hydrogens is 202 g/mol. The molecule has 1 aromatic rings. The number of hydrogen-bond acceptors (Lipinski definition) is 4. The minimum Gasteiger partial charge on any atom is -0.411 e. The lowest BCUT2D eigenvalue weighted by Crippen LogP contribution is -2.35. The maximum Gasteiger partial charge on any atom is 0.126 e. The number of anilines is 1. The molecule has 0 aliphatic heterocycles. The van der Waals surface area contributed by atoms with Gasteiger partial charge in [-0.25, -0.2) is 4.98 Å². The third-order valence-electron chi connectivity index (χ3n) is 3.77. The summed E-state index contributed by atoms with van der Waals surface area (Å²) in [5, 5.41) is 15.9. The quantitative estimate of drug-likeness (QED) is 0.589. The zero-order valence-electron chi connectivity index (χ0n) is 9.00. The van der Waals surface area contributed by atoms with Gasteiger partial charge in [0.25, 0.3) is 0 Å². The van der Waals surface area contributed by atoms with Crippen molar-refractivity contribution in [3.8, 4) is 0 Å². The van der Waals surface area contributed by atoms with E-state index in [0.29, 0.717) is 11.8 Å². The Bertz CT molecular complexity index is 404. The molecule has 0 saturated heterocycles. The summed E-state index contributed by atoms with van der Waals surface area (Å²) in [5.41, 5.74) is 0.918. The topological polar surface area (TPSA) is 57.5 Å². The van der Waals surface area contributed by atoms with Crippen LogP contribution >= 0.6 is 0 Å². The molecule has 2 fully saturated rings. The van der Waals surface area contributed by atoms with Crippen molar-refractivity contribution in [2.24, 2.45) is 17.0 Å². The van der Waals surface area contributed by atoms with E-state index in [1.807, 2.05) is 18.2 Å². The average molecular weight is 217 g/mol. The first-order valence-corrected chi connectivity index (χ1v) is 5.78. The molecule has 3 unspecified atom stereocenters. The molecule has 0 aromatic carbocycles. The van der Waals surface area contributed by atoms with Crippen LogP contribution in [0.5, 0.6) is 0 Å². The van der Waals surface area contributed by atoms with Crippen molar-refractivity contribution in [2.75, 3.05) is 5.32 Å². The summed E-state index contributed by atoms with van der Waals surface area (Å²) in [4.78, 5) is 4.25. The molecule has 2 N–H and O–H groups in total. The zero-order chi connectivity index (χ0) is 11.0. The number of rotatable bonds is 2. The van der Waals surface area contributed by atoms with Gasteiger partial charge in [-0.05, 0) is 37.3 Å². The van der Waals surface area contributed by atoms with Crippen molar-refractivity contribution < 1.29 is 5.21 Å². The van der Waals surface area contributed by atoms with Crippen LogP contribution in [0, 0.1) is 11.8 Å². The van der Waals surface area contributed by atoms with E-state index in [1.54, 1.807) is 6.20 Å². The van der Waals surface area contributed by atoms with E-state index >= 15 is 0 Å². The van der Waals surface area contributed by atoms with Crippen LogP contribution in [0.3, 0.4) is 0 Å². The van der Waals surface area contributed by atoms with Crippen LogP contribution in [0.15, 0.2) is 29.6 Å². The summed E-state index contributed by atoms with van der Waals surface area (Å²) in [5.74, 6) is 1.95. The Kier molecular flexibility index (Phi) is 2.27. The highest BCUT2D eigenvalue weighted by Gasteiger charge is 2.45. The van der Waals surface area contributed by atoms with E-state index < -0.39 is 0 Å². The second-order valence-corrected chi connectivity index (χ2v) is 4.63. The molecular formula is C12H15N3O. The van der Waals surface area contributed by atoms with Crippen molar-refractivity contribution in [2.45, 2.75) is 25.3 Å². The zero-order valence-corrected chi connectivity index (χ0v) is 9.00. The highest BCUT2D eigenvalue weighted by molar-refractivity contribution is 5.96. The summed E-state index contributed by atoms with van der Waals surface area (Å²) in [6.07, 6.45) is 5.33. The summed E-state index contributed by atoms with van der Waals surface area (Å²) in [6, 6.07) is 5.98. The molecule has 0 radical (unpaired) electrons. The number of nitrogens with zero attached hydrogens (tertiary/aromatic N) is 2. The molecule has 1 heterocycles. The average Bonchev–Trinajstić information content (AvgIpc) is 2.91. The monoisotopic (exact) mass is 217 g/mol. The van der Waals surface area contributed by atoms with Gasteiger partial charge in [-0.1, -0.05) is 11.2 Å². The highest BCUT2D eigenvalue weighted by Crippen LogP contribution is 2.43. The Morgan fingerprint density at radius 2 is 2.31 bits per heavy atom. The van der Waals surface area contributed by atoms with Gasteiger partial charge in [-0.2, -0.15) is 0 Å². The first-order chi connectivity index (χ1) is 7.88. The van der Waals surface area contributed by atoms with Crippen LogP contribution in [-0.4, -0.2) is 21.9 Å². The van der Waals surface area contributed by atoms with Crippen molar-refractivity contribution in [1.82, 2.24) is 4.98 Å². The van der Waals surface area contributed by atoms with Gasteiger partial charge in [0.2, 0.25) is 0 Å². The van der Waals surface area contributed by atoms with E-state index in [1.165, 1.54) is 12.8 Å². The number of fused-ring (bicyclic) bond motifs is 2. The van der Waals surface area contributed by atoms with E-state index in [0.717, 1.165) is 18.0 Å². The third kappa shape index (κ3) is 1.45. The molecule has 0 amide bonds. The lowest BCUT2D eigenvalue weighted by molar-refractivity contribution is 0.312. The van der Waals surface area contributed by atoms with Crippen LogP contribution in [-0.2, 0) is 0 Å². The molecule has 4 nitrogen and oxygen atoms in total. The third-order valence-corrected chi connectivity index (χ3v) is 3.77. The maximum absolute atomic E-state index is 9.06. The molecule has 3 atom stereocenters. The van der Waals surface area contributed by atoms with Gasteiger partial charge in [0.05, 0.1) is 11.8 Å². The lowest BCUT2D eigenvalue weighted by atomic mass is 9.93. The Balaban J connectivity index is 1.80. The molecule has 16 heavy (non-hydrogen) atoms. The molecule has 0 spiro atoms. The Morgan fingerprint density at radius 1 is 1.38 bits per heavy atom. The van der Waals surface area contributed by atoms with Crippen LogP contribution in [0.2, 0.25) is 0 Å². The Labute approximate surface area is 94.4 Å². The predicted molar refractivity (Wildman–Crippen MR) is 61.7 cm³/mol. The van der Waals surface area contributed by atoms with Gasteiger partial charge >= 0.3 is 0 Å². The van der Waals surface area contributed by atoms with Crippen molar-refractivity contribution in [1.29, 1.82) is 0 Å². The minimum atomic E-state index is 0.179. The largest absolute Gasteiger partial charge is 0.411 e. The molecule has 2 bridgehead atoms. The van der Waals surface area contributed by atoms with Gasteiger partial charge in [-0.3, -0.25) is 0 Å². The normalized spacial score (nSPS) is 34.5. The fourth-order valence-corrected chi connectivity index (χ4v) is 3.03. The number of hydrogen-bond donors (Lipinski definition) is 2. The summed E-state index contributed by atoms with van der Waals surface area (Å²) in [7, 11) is 0. The molecule has 2 saturated carbocycles. The molecule has 1 aromatic heterocycles. The summed E-state index contributed by atoms with van der Waals surface area (Å²) in [6.45, 7) is 0. The second-order valence-electron chi connectivity index (χ2n) is 4.63. The van der Waals surface area contributed by atoms with Gasteiger partial charge in [-0.15, -0.1) is 0 Å². The van der Waals surface area contributed by atoms with Crippen LogP contribution < -0.4 is 5.32 Å². The van der Waals surface area contributed by atoms with Gasteiger partial charge in [0, 0.05) is 12.1 Å².